The standard InChI is InChI=1S/C9H12N4O/c1-6(2)13-5-12-7-8(13)10-4-11-9(7)14-3/h4-6H,1-3H3/p+1. The molecule has 74 valence electrons. The van der Waals surface area contributed by atoms with E-state index in [2.05, 4.69) is 28.8 Å². The van der Waals surface area contributed by atoms with Crippen LogP contribution >= 0.6 is 0 Å². The monoisotopic (exact) mass is 193 g/mol. The Morgan fingerprint density at radius 2 is 2.21 bits per heavy atom. The van der Waals surface area contributed by atoms with Gasteiger partial charge >= 0.3 is 5.65 Å². The average Bonchev–Trinajstić information content (AvgIpc) is 2.60. The number of imidazole rings is 1. The highest BCUT2D eigenvalue weighted by molar-refractivity contribution is 5.72. The maximum absolute atomic E-state index is 5.12. The Hall–Kier alpha value is -1.65. The molecule has 0 unspecified atom stereocenters. The third-order valence-electron chi connectivity index (χ3n) is 2.13. The largest absolute Gasteiger partial charge is 0.478 e. The highest BCUT2D eigenvalue weighted by Gasteiger charge is 2.17. The molecule has 1 N–H and O–H groups in total. The van der Waals surface area contributed by atoms with Gasteiger partial charge in [-0.05, 0) is 13.8 Å². The van der Waals surface area contributed by atoms with Crippen molar-refractivity contribution >= 4 is 11.2 Å². The third kappa shape index (κ3) is 1.21. The number of aromatic amines is 1. The zero-order valence-electron chi connectivity index (χ0n) is 8.48. The van der Waals surface area contributed by atoms with E-state index in [0.29, 0.717) is 11.9 Å². The summed E-state index contributed by atoms with van der Waals surface area (Å²) in [5, 5.41) is 0. The van der Waals surface area contributed by atoms with E-state index < -0.39 is 0 Å². The quantitative estimate of drug-likeness (QED) is 0.719. The van der Waals surface area contributed by atoms with Gasteiger partial charge in [-0.25, -0.2) is 4.57 Å². The fourth-order valence-corrected chi connectivity index (χ4v) is 1.43. The topological polar surface area (TPSA) is 54.7 Å². The number of hydrogen-bond donors (Lipinski definition) is 1. The van der Waals surface area contributed by atoms with Crippen LogP contribution in [-0.4, -0.2) is 22.1 Å². The molecule has 0 saturated carbocycles. The van der Waals surface area contributed by atoms with Gasteiger partial charge in [-0.1, -0.05) is 4.98 Å². The van der Waals surface area contributed by atoms with Gasteiger partial charge in [-0.2, -0.15) is 4.98 Å². The predicted octanol–water partition coefficient (Wildman–Crippen LogP) is 0.835. The van der Waals surface area contributed by atoms with Crippen molar-refractivity contribution in [2.45, 2.75) is 19.9 Å². The maximum Gasteiger partial charge on any atom is 0.309 e. The van der Waals surface area contributed by atoms with Crippen LogP contribution in [0, 0.1) is 0 Å². The number of aromatic nitrogens is 4. The van der Waals surface area contributed by atoms with Gasteiger partial charge < -0.3 is 4.74 Å². The first-order chi connectivity index (χ1) is 6.74. The van der Waals surface area contributed by atoms with E-state index in [4.69, 9.17) is 4.74 Å². The molecule has 0 aromatic carbocycles. The molecule has 0 amide bonds. The molecule has 14 heavy (non-hydrogen) atoms. The molecular formula is C9H13N4O+. The van der Waals surface area contributed by atoms with Crippen molar-refractivity contribution in [2.75, 3.05) is 7.11 Å². The van der Waals surface area contributed by atoms with E-state index in [1.165, 1.54) is 6.33 Å². The molecule has 0 fully saturated rings. The van der Waals surface area contributed by atoms with Crippen molar-refractivity contribution in [3.8, 4) is 5.88 Å². The van der Waals surface area contributed by atoms with E-state index in [9.17, 15) is 0 Å². The molecule has 5 heteroatoms. The van der Waals surface area contributed by atoms with E-state index in [1.54, 1.807) is 7.11 Å². The summed E-state index contributed by atoms with van der Waals surface area (Å²) < 4.78 is 7.17. The lowest BCUT2D eigenvalue weighted by molar-refractivity contribution is -0.692. The minimum Gasteiger partial charge on any atom is -0.478 e. The second-order valence-corrected chi connectivity index (χ2v) is 3.36. The van der Waals surface area contributed by atoms with Crippen LogP contribution < -0.4 is 9.30 Å². The summed E-state index contributed by atoms with van der Waals surface area (Å²) in [5.41, 5.74) is 1.70. The van der Waals surface area contributed by atoms with Crippen molar-refractivity contribution in [2.24, 2.45) is 0 Å². The number of nitrogens with zero attached hydrogens (tertiary/aromatic N) is 3. The first kappa shape index (κ1) is 8.93. The van der Waals surface area contributed by atoms with Crippen molar-refractivity contribution < 1.29 is 9.30 Å². The summed E-state index contributed by atoms with van der Waals surface area (Å²) in [5.74, 6) is 0.578. The number of H-pyrrole nitrogens is 1. The Balaban J connectivity index is 2.69. The smallest absolute Gasteiger partial charge is 0.309 e. The van der Waals surface area contributed by atoms with Crippen molar-refractivity contribution in [3.63, 3.8) is 0 Å². The van der Waals surface area contributed by atoms with E-state index in [0.717, 1.165) is 11.2 Å². The minimum absolute atomic E-state index is 0.364. The summed E-state index contributed by atoms with van der Waals surface area (Å²) in [6.07, 6.45) is 3.39. The van der Waals surface area contributed by atoms with Crippen molar-refractivity contribution in [1.82, 2.24) is 15.0 Å². The lowest BCUT2D eigenvalue weighted by Crippen LogP contribution is -2.34. The van der Waals surface area contributed by atoms with Crippen molar-refractivity contribution in [3.05, 3.63) is 12.7 Å². The van der Waals surface area contributed by atoms with Crippen LogP contribution in [0.5, 0.6) is 5.88 Å². The third-order valence-corrected chi connectivity index (χ3v) is 2.13. The summed E-state index contributed by atoms with van der Waals surface area (Å²) in [6.45, 7) is 4.20. The van der Waals surface area contributed by atoms with Crippen LogP contribution in [0.1, 0.15) is 19.9 Å². The number of methoxy groups -OCH3 is 1. The predicted molar refractivity (Wildman–Crippen MR) is 51.0 cm³/mol. The van der Waals surface area contributed by atoms with Gasteiger partial charge in [0, 0.05) is 0 Å². The molecule has 0 aliphatic heterocycles. The highest BCUT2D eigenvalue weighted by atomic mass is 16.5. The Morgan fingerprint density at radius 1 is 1.43 bits per heavy atom. The minimum atomic E-state index is 0.364. The van der Waals surface area contributed by atoms with Crippen molar-refractivity contribution in [1.29, 1.82) is 0 Å². The van der Waals surface area contributed by atoms with Gasteiger partial charge in [0.15, 0.2) is 12.7 Å². The van der Waals surface area contributed by atoms with Crippen LogP contribution in [0.3, 0.4) is 0 Å². The van der Waals surface area contributed by atoms with Gasteiger partial charge in [0.2, 0.25) is 5.52 Å². The SMILES string of the molecule is COc1ncnc2c1[nH]c[n+]2C(C)C. The molecule has 0 aliphatic carbocycles. The number of fused-ring (bicyclic) bond motifs is 1. The highest BCUT2D eigenvalue weighted by Crippen LogP contribution is 2.16. The summed E-state index contributed by atoms with van der Waals surface area (Å²) >= 11 is 0. The van der Waals surface area contributed by atoms with E-state index >= 15 is 0 Å². The lowest BCUT2D eigenvalue weighted by atomic mass is 10.4. The lowest BCUT2D eigenvalue weighted by Gasteiger charge is -2.00. The molecule has 2 aromatic heterocycles. The zero-order chi connectivity index (χ0) is 10.1. The Kier molecular flexibility index (Phi) is 2.07. The second kappa shape index (κ2) is 3.25. The molecule has 2 heterocycles. The molecule has 0 aliphatic rings. The van der Waals surface area contributed by atoms with Gasteiger partial charge in [0.25, 0.3) is 5.88 Å². The van der Waals surface area contributed by atoms with Gasteiger partial charge in [0.1, 0.15) is 0 Å². The Bertz CT molecular complexity index is 449. The summed E-state index contributed by atoms with van der Waals surface area (Å²) in [6, 6.07) is 0.364. The number of hydrogen-bond acceptors (Lipinski definition) is 3. The van der Waals surface area contributed by atoms with Crippen LogP contribution in [0.15, 0.2) is 12.7 Å². The number of ether oxygens (including phenoxy) is 1. The fourth-order valence-electron chi connectivity index (χ4n) is 1.43. The molecule has 0 saturated heterocycles. The zero-order valence-corrected chi connectivity index (χ0v) is 8.48. The second-order valence-electron chi connectivity index (χ2n) is 3.36. The summed E-state index contributed by atoms with van der Waals surface area (Å²) in [7, 11) is 1.60. The molecule has 0 atom stereocenters. The first-order valence-corrected chi connectivity index (χ1v) is 4.51. The molecular weight excluding hydrogens is 180 g/mol. The molecule has 0 radical (unpaired) electrons. The molecule has 0 bridgehead atoms. The normalized spacial score (nSPS) is 11.1. The first-order valence-electron chi connectivity index (χ1n) is 4.51. The maximum atomic E-state index is 5.12. The summed E-state index contributed by atoms with van der Waals surface area (Å²) in [4.78, 5) is 11.3. The molecule has 0 spiro atoms. The molecule has 2 aromatic rings. The fraction of sp³-hybridized carbons (Fsp3) is 0.444. The van der Waals surface area contributed by atoms with Gasteiger partial charge in [-0.15, -0.1) is 0 Å². The molecule has 5 nitrogen and oxygen atoms in total. The average molecular weight is 193 g/mol. The molecule has 2 rings (SSSR count). The van der Waals surface area contributed by atoms with Gasteiger partial charge in [-0.3, -0.25) is 4.98 Å². The Morgan fingerprint density at radius 3 is 2.86 bits per heavy atom. The Labute approximate surface area is 81.8 Å². The van der Waals surface area contributed by atoms with Crippen LogP contribution in [0.2, 0.25) is 0 Å². The van der Waals surface area contributed by atoms with Crippen LogP contribution in [0.25, 0.3) is 11.2 Å². The van der Waals surface area contributed by atoms with Gasteiger partial charge in [0.05, 0.1) is 13.2 Å². The van der Waals surface area contributed by atoms with Crippen LogP contribution in [0.4, 0.5) is 0 Å². The number of rotatable bonds is 2. The number of nitrogens with one attached hydrogen (secondary N) is 1. The van der Waals surface area contributed by atoms with Crippen LogP contribution in [-0.2, 0) is 0 Å². The van der Waals surface area contributed by atoms with E-state index in [-0.39, 0.29) is 0 Å². The van der Waals surface area contributed by atoms with E-state index in [1.807, 2.05) is 10.9 Å².